The Bertz CT molecular complexity index is 1170. The Hall–Kier alpha value is -3.86. The van der Waals surface area contributed by atoms with Crippen molar-refractivity contribution in [3.63, 3.8) is 0 Å². The van der Waals surface area contributed by atoms with Crippen LogP contribution in [0.2, 0.25) is 0 Å². The Kier molecular flexibility index (Phi) is 5.46. The molecule has 0 unspecified atom stereocenters. The molecule has 32 heavy (non-hydrogen) atoms. The molecular weight excluding hydrogens is 400 g/mol. The molecule has 2 amide bonds. The molecule has 0 aromatic heterocycles. The topological polar surface area (TPSA) is 67.4 Å². The summed E-state index contributed by atoms with van der Waals surface area (Å²) in [7, 11) is 0. The summed E-state index contributed by atoms with van der Waals surface area (Å²) in [4.78, 5) is 24.0. The number of amides is 2. The van der Waals surface area contributed by atoms with Gasteiger partial charge in [-0.2, -0.15) is 0 Å². The fourth-order valence-electron chi connectivity index (χ4n) is 4.46. The van der Waals surface area contributed by atoms with Crippen molar-refractivity contribution in [1.82, 2.24) is 10.6 Å². The van der Waals surface area contributed by atoms with Crippen LogP contribution < -0.4 is 10.6 Å². The number of ether oxygens (including phenoxy) is 1. The molecule has 3 aromatic carbocycles. The molecule has 0 fully saturated rings. The molecule has 160 valence electrons. The van der Waals surface area contributed by atoms with Gasteiger partial charge in [0.15, 0.2) is 0 Å². The van der Waals surface area contributed by atoms with Gasteiger partial charge < -0.3 is 15.4 Å². The number of rotatable bonds is 6. The molecule has 5 heteroatoms. The lowest BCUT2D eigenvalue weighted by atomic mass is 9.98. The number of alkyl carbamates (subject to hydrolysis) is 1. The third-order valence-electron chi connectivity index (χ3n) is 6.05. The van der Waals surface area contributed by atoms with E-state index in [4.69, 9.17) is 4.74 Å². The minimum atomic E-state index is -0.408. The first kappa shape index (κ1) is 20.1. The first-order valence-electron chi connectivity index (χ1n) is 10.9. The summed E-state index contributed by atoms with van der Waals surface area (Å²) in [5.41, 5.74) is 7.58. The number of carbonyl (C=O) groups is 2. The van der Waals surface area contributed by atoms with E-state index in [-0.39, 0.29) is 11.8 Å². The van der Waals surface area contributed by atoms with Crippen LogP contribution in [0.4, 0.5) is 4.79 Å². The summed E-state index contributed by atoms with van der Waals surface area (Å²) in [5, 5.41) is 5.63. The Balaban J connectivity index is 1.11. The average Bonchev–Trinajstić information content (AvgIpc) is 3.35. The van der Waals surface area contributed by atoms with Gasteiger partial charge in [-0.25, -0.2) is 4.79 Å². The van der Waals surface area contributed by atoms with E-state index in [9.17, 15) is 9.59 Å². The minimum absolute atomic E-state index is 0.0211. The van der Waals surface area contributed by atoms with Gasteiger partial charge in [0.25, 0.3) is 5.91 Å². The van der Waals surface area contributed by atoms with E-state index in [0.29, 0.717) is 26.1 Å². The van der Waals surface area contributed by atoms with Gasteiger partial charge in [0.1, 0.15) is 6.61 Å². The van der Waals surface area contributed by atoms with Crippen LogP contribution in [0.1, 0.15) is 45.0 Å². The molecule has 0 spiro atoms. The van der Waals surface area contributed by atoms with Gasteiger partial charge in [-0.3, -0.25) is 4.79 Å². The molecule has 2 N–H and O–H groups in total. The molecule has 0 saturated carbocycles. The Labute approximate surface area is 187 Å². The van der Waals surface area contributed by atoms with E-state index in [2.05, 4.69) is 34.9 Å². The van der Waals surface area contributed by atoms with Gasteiger partial charge in [-0.1, -0.05) is 72.8 Å². The van der Waals surface area contributed by atoms with E-state index in [1.165, 1.54) is 22.3 Å². The van der Waals surface area contributed by atoms with Gasteiger partial charge >= 0.3 is 6.09 Å². The van der Waals surface area contributed by atoms with E-state index in [1.54, 1.807) is 0 Å². The summed E-state index contributed by atoms with van der Waals surface area (Å²) in [5.74, 6) is 0.0391. The van der Waals surface area contributed by atoms with Crippen LogP contribution in [0.5, 0.6) is 0 Å². The van der Waals surface area contributed by atoms with E-state index in [0.717, 1.165) is 16.7 Å². The van der Waals surface area contributed by atoms with Crippen molar-refractivity contribution < 1.29 is 14.3 Å². The molecule has 2 aliphatic rings. The highest BCUT2D eigenvalue weighted by molar-refractivity contribution is 5.98. The van der Waals surface area contributed by atoms with Gasteiger partial charge in [0.05, 0.1) is 0 Å². The monoisotopic (exact) mass is 424 g/mol. The molecule has 0 atom stereocenters. The Morgan fingerprint density at radius 1 is 1.00 bits per heavy atom. The molecule has 1 aliphatic heterocycles. The van der Waals surface area contributed by atoms with Gasteiger partial charge in [-0.05, 0) is 45.9 Å². The summed E-state index contributed by atoms with van der Waals surface area (Å²) in [6.45, 7) is 1.40. The van der Waals surface area contributed by atoms with Crippen molar-refractivity contribution >= 4 is 18.1 Å². The maximum Gasteiger partial charge on any atom is 0.407 e. The molecule has 5 nitrogen and oxygen atoms in total. The first-order valence-corrected chi connectivity index (χ1v) is 10.9. The second-order valence-corrected chi connectivity index (χ2v) is 8.04. The largest absolute Gasteiger partial charge is 0.449 e. The standard InChI is InChI=1S/C27H24N2O3/c30-26-24-15-18(12-13-19(24)16-29-26)7-5-6-14-28-27(31)32-17-25-22-10-3-1-8-20(22)21-9-2-4-11-23(21)25/h1-5,7-13,15,25H,6,14,16-17H2,(H,28,31)(H,29,30). The quantitative estimate of drug-likeness (QED) is 0.555. The van der Waals surface area contributed by atoms with Gasteiger partial charge in [-0.15, -0.1) is 0 Å². The van der Waals surface area contributed by atoms with Crippen LogP contribution in [-0.4, -0.2) is 25.2 Å². The maximum absolute atomic E-state index is 12.2. The number of fused-ring (bicyclic) bond motifs is 4. The summed E-state index contributed by atoms with van der Waals surface area (Å²) >= 11 is 0. The Morgan fingerprint density at radius 2 is 1.72 bits per heavy atom. The van der Waals surface area contributed by atoms with Crippen molar-refractivity contribution in [2.45, 2.75) is 18.9 Å². The Morgan fingerprint density at radius 3 is 2.47 bits per heavy atom. The molecule has 5 rings (SSSR count). The molecular formula is C27H24N2O3. The number of carbonyl (C=O) groups excluding carboxylic acids is 2. The third-order valence-corrected chi connectivity index (χ3v) is 6.05. The second-order valence-electron chi connectivity index (χ2n) is 8.04. The lowest BCUT2D eigenvalue weighted by molar-refractivity contribution is 0.0965. The van der Waals surface area contributed by atoms with Crippen LogP contribution in [0, 0.1) is 0 Å². The SMILES string of the molecule is O=C(NCCC=Cc1ccc2c(c1)C(=O)NC2)OCC1c2ccccc2-c2ccccc21. The van der Waals surface area contributed by atoms with Crippen molar-refractivity contribution in [3.05, 3.63) is 101 Å². The minimum Gasteiger partial charge on any atom is -0.449 e. The molecule has 0 bridgehead atoms. The normalized spacial score (nSPS) is 14.1. The first-order chi connectivity index (χ1) is 15.7. The summed E-state index contributed by atoms with van der Waals surface area (Å²) < 4.78 is 5.55. The van der Waals surface area contributed by atoms with Crippen LogP contribution in [0.3, 0.4) is 0 Å². The van der Waals surface area contributed by atoms with Crippen molar-refractivity contribution in [2.75, 3.05) is 13.2 Å². The van der Waals surface area contributed by atoms with Crippen LogP contribution in [0.15, 0.2) is 72.8 Å². The highest BCUT2D eigenvalue weighted by atomic mass is 16.5. The maximum atomic E-state index is 12.2. The van der Waals surface area contributed by atoms with Gasteiger partial charge in [0.2, 0.25) is 0 Å². The van der Waals surface area contributed by atoms with Crippen LogP contribution in [0.25, 0.3) is 17.2 Å². The van der Waals surface area contributed by atoms with Crippen molar-refractivity contribution in [1.29, 1.82) is 0 Å². The lowest BCUT2D eigenvalue weighted by Gasteiger charge is -2.14. The average molecular weight is 425 g/mol. The molecule has 3 aromatic rings. The van der Waals surface area contributed by atoms with Crippen LogP contribution in [-0.2, 0) is 11.3 Å². The number of hydrogen-bond donors (Lipinski definition) is 2. The van der Waals surface area contributed by atoms with Crippen LogP contribution >= 0.6 is 0 Å². The molecule has 1 heterocycles. The molecule has 0 saturated heterocycles. The third kappa shape index (κ3) is 3.89. The lowest BCUT2D eigenvalue weighted by Crippen LogP contribution is -2.26. The number of benzene rings is 3. The fourth-order valence-corrected chi connectivity index (χ4v) is 4.46. The highest BCUT2D eigenvalue weighted by Gasteiger charge is 2.28. The van der Waals surface area contributed by atoms with Gasteiger partial charge in [0, 0.05) is 24.6 Å². The summed E-state index contributed by atoms with van der Waals surface area (Å²) in [6.07, 6.45) is 4.21. The zero-order chi connectivity index (χ0) is 21.9. The van der Waals surface area contributed by atoms with Crippen molar-refractivity contribution in [3.8, 4) is 11.1 Å². The van der Waals surface area contributed by atoms with E-state index in [1.807, 2.05) is 54.6 Å². The van der Waals surface area contributed by atoms with E-state index < -0.39 is 6.09 Å². The molecule has 1 aliphatic carbocycles. The zero-order valence-corrected chi connectivity index (χ0v) is 17.6. The number of hydrogen-bond acceptors (Lipinski definition) is 3. The molecule has 0 radical (unpaired) electrons. The second kappa shape index (κ2) is 8.71. The fraction of sp³-hybridized carbons (Fsp3) is 0.185. The highest BCUT2D eigenvalue weighted by Crippen LogP contribution is 2.44. The number of nitrogens with one attached hydrogen (secondary N) is 2. The zero-order valence-electron chi connectivity index (χ0n) is 17.6. The van der Waals surface area contributed by atoms with E-state index >= 15 is 0 Å². The predicted octanol–water partition coefficient (Wildman–Crippen LogP) is 4.87. The summed E-state index contributed by atoms with van der Waals surface area (Å²) in [6, 6.07) is 22.4. The predicted molar refractivity (Wildman–Crippen MR) is 124 cm³/mol. The van der Waals surface area contributed by atoms with Crippen molar-refractivity contribution in [2.24, 2.45) is 0 Å². The smallest absolute Gasteiger partial charge is 0.407 e.